The maximum Gasteiger partial charge on any atom is 0.357 e. The van der Waals surface area contributed by atoms with E-state index in [0.29, 0.717) is 0 Å². The van der Waals surface area contributed by atoms with Crippen molar-refractivity contribution in [3.63, 3.8) is 0 Å². The van der Waals surface area contributed by atoms with Crippen LogP contribution in [-0.4, -0.2) is 24.2 Å². The summed E-state index contributed by atoms with van der Waals surface area (Å²) in [6.07, 6.45) is 2.45. The Balaban J connectivity index is 2.25. The molecule has 2 aromatic rings. The number of ether oxygens (including phenoxy) is 1. The molecule has 0 radical (unpaired) electrons. The Morgan fingerprint density at radius 3 is 3.05 bits per heavy atom. The second-order valence-corrected chi connectivity index (χ2v) is 5.12. The molecular formula is C16H16N4O2. The molecular weight excluding hydrogens is 280 g/mol. The normalized spacial score (nSPS) is 13.3. The first-order valence-electron chi connectivity index (χ1n) is 6.98. The van der Waals surface area contributed by atoms with Crippen molar-refractivity contribution in [2.24, 2.45) is 0 Å². The molecule has 1 aromatic heterocycles. The highest BCUT2D eigenvalue weighted by molar-refractivity contribution is 5.96. The first kappa shape index (κ1) is 14.2. The molecule has 2 heterocycles. The monoisotopic (exact) mass is 296 g/mol. The summed E-state index contributed by atoms with van der Waals surface area (Å²) in [4.78, 5) is 12.1. The summed E-state index contributed by atoms with van der Waals surface area (Å²) >= 11 is 0. The number of fused-ring (bicyclic) bond motifs is 1. The summed E-state index contributed by atoms with van der Waals surface area (Å²) in [5.41, 5.74) is 9.78. The smallest absolute Gasteiger partial charge is 0.357 e. The first-order valence-corrected chi connectivity index (χ1v) is 6.98. The Morgan fingerprint density at radius 1 is 1.50 bits per heavy atom. The number of nitriles is 1. The molecule has 22 heavy (non-hydrogen) atoms. The minimum absolute atomic E-state index is 0.154. The fraction of sp³-hybridized carbons (Fsp3) is 0.250. The number of methoxy groups -OCH3 is 1. The first-order chi connectivity index (χ1) is 10.7. The van der Waals surface area contributed by atoms with Crippen LogP contribution in [0.5, 0.6) is 0 Å². The summed E-state index contributed by atoms with van der Waals surface area (Å²) in [5.74, 6) is -0.550. The van der Waals surface area contributed by atoms with E-state index in [-0.39, 0.29) is 16.9 Å². The number of carbonyl (C=O) groups is 1. The minimum Gasteiger partial charge on any atom is -0.464 e. The minimum atomic E-state index is -0.550. The van der Waals surface area contributed by atoms with Crippen LogP contribution in [0.2, 0.25) is 0 Å². The third-order valence-electron chi connectivity index (χ3n) is 3.92. The summed E-state index contributed by atoms with van der Waals surface area (Å²) in [6.45, 7) is 1.66. The van der Waals surface area contributed by atoms with Crippen LogP contribution in [0, 0.1) is 11.3 Å². The van der Waals surface area contributed by atoms with Crippen molar-refractivity contribution in [3.05, 3.63) is 46.8 Å². The zero-order chi connectivity index (χ0) is 15.7. The van der Waals surface area contributed by atoms with E-state index in [0.717, 1.165) is 30.8 Å². The van der Waals surface area contributed by atoms with Gasteiger partial charge in [-0.25, -0.2) is 4.79 Å². The van der Waals surface area contributed by atoms with Crippen molar-refractivity contribution in [3.8, 4) is 11.8 Å². The van der Waals surface area contributed by atoms with E-state index in [4.69, 9.17) is 10.5 Å². The molecule has 6 heteroatoms. The van der Waals surface area contributed by atoms with E-state index in [2.05, 4.69) is 11.4 Å². The second kappa shape index (κ2) is 5.54. The summed E-state index contributed by atoms with van der Waals surface area (Å²) in [5, 5.41) is 12.5. The molecule has 0 saturated carbocycles. The maximum absolute atomic E-state index is 12.1. The third-order valence-corrected chi connectivity index (χ3v) is 3.92. The van der Waals surface area contributed by atoms with Gasteiger partial charge in [0.15, 0.2) is 5.69 Å². The molecule has 0 fully saturated rings. The van der Waals surface area contributed by atoms with Gasteiger partial charge in [0.05, 0.1) is 18.4 Å². The molecule has 112 valence electrons. The molecule has 3 rings (SSSR count). The number of hydrogen-bond acceptors (Lipinski definition) is 5. The molecule has 0 amide bonds. The summed E-state index contributed by atoms with van der Waals surface area (Å²) in [6, 6.07) is 7.94. The number of nitrogen functional groups attached to an aromatic ring is 1. The van der Waals surface area contributed by atoms with Gasteiger partial charge in [-0.3, -0.25) is 0 Å². The van der Waals surface area contributed by atoms with E-state index in [9.17, 15) is 10.1 Å². The fourth-order valence-electron chi connectivity index (χ4n) is 2.84. The summed E-state index contributed by atoms with van der Waals surface area (Å²) in [7, 11) is 1.30. The number of aromatic nitrogens is 1. The quantitative estimate of drug-likeness (QED) is 0.816. The highest BCUT2D eigenvalue weighted by atomic mass is 16.5. The highest BCUT2D eigenvalue weighted by Crippen LogP contribution is 2.29. The van der Waals surface area contributed by atoms with Crippen molar-refractivity contribution in [1.29, 1.82) is 5.26 Å². The van der Waals surface area contributed by atoms with Crippen LogP contribution in [-0.2, 0) is 17.7 Å². The Morgan fingerprint density at radius 2 is 2.32 bits per heavy atom. The van der Waals surface area contributed by atoms with Gasteiger partial charge in [0.2, 0.25) is 0 Å². The van der Waals surface area contributed by atoms with E-state index >= 15 is 0 Å². The van der Waals surface area contributed by atoms with Gasteiger partial charge >= 0.3 is 5.97 Å². The largest absolute Gasteiger partial charge is 0.464 e. The van der Waals surface area contributed by atoms with Crippen LogP contribution in [0.15, 0.2) is 24.4 Å². The number of esters is 1. The van der Waals surface area contributed by atoms with Gasteiger partial charge in [-0.05, 0) is 30.2 Å². The van der Waals surface area contributed by atoms with Crippen LogP contribution < -0.4 is 11.1 Å². The summed E-state index contributed by atoms with van der Waals surface area (Å²) < 4.78 is 6.49. The van der Waals surface area contributed by atoms with Crippen LogP contribution in [0.3, 0.4) is 0 Å². The number of carbonyl (C=O) groups excluding carboxylic acids is 1. The standard InChI is InChI=1S/C16H16N4O2/c1-22-16(21)15-14(18)11(7-17)9-20(15)13-4-2-3-10-8-19-6-5-12(10)13/h2-4,9,19H,5-6,8,18H2,1H3. The molecule has 1 aliphatic heterocycles. The molecule has 1 aromatic carbocycles. The lowest BCUT2D eigenvalue weighted by Gasteiger charge is -2.21. The molecule has 0 atom stereocenters. The highest BCUT2D eigenvalue weighted by Gasteiger charge is 2.24. The fourth-order valence-corrected chi connectivity index (χ4v) is 2.84. The van der Waals surface area contributed by atoms with Gasteiger partial charge in [0.1, 0.15) is 6.07 Å². The van der Waals surface area contributed by atoms with Crippen LogP contribution in [0.4, 0.5) is 5.69 Å². The van der Waals surface area contributed by atoms with Crippen molar-refractivity contribution < 1.29 is 9.53 Å². The molecule has 0 unspecified atom stereocenters. The predicted octanol–water partition coefficient (Wildman–Crippen LogP) is 1.36. The predicted molar refractivity (Wildman–Crippen MR) is 81.6 cm³/mol. The van der Waals surface area contributed by atoms with Gasteiger partial charge in [-0.15, -0.1) is 0 Å². The maximum atomic E-state index is 12.1. The van der Waals surface area contributed by atoms with Gasteiger partial charge in [-0.2, -0.15) is 5.26 Å². The van der Waals surface area contributed by atoms with Crippen molar-refractivity contribution in [1.82, 2.24) is 9.88 Å². The number of nitrogens with one attached hydrogen (secondary N) is 1. The lowest BCUT2D eigenvalue weighted by Crippen LogP contribution is -2.25. The number of anilines is 1. The molecule has 3 N–H and O–H groups in total. The Labute approximate surface area is 128 Å². The van der Waals surface area contributed by atoms with Crippen molar-refractivity contribution >= 4 is 11.7 Å². The Hall–Kier alpha value is -2.78. The number of hydrogen-bond donors (Lipinski definition) is 2. The third kappa shape index (κ3) is 2.12. The lowest BCUT2D eigenvalue weighted by molar-refractivity contribution is 0.0593. The van der Waals surface area contributed by atoms with Crippen molar-refractivity contribution in [2.45, 2.75) is 13.0 Å². The average molecular weight is 296 g/mol. The molecule has 0 spiro atoms. The van der Waals surface area contributed by atoms with E-state index < -0.39 is 5.97 Å². The number of rotatable bonds is 2. The van der Waals surface area contributed by atoms with E-state index in [1.165, 1.54) is 12.7 Å². The molecule has 0 saturated heterocycles. The van der Waals surface area contributed by atoms with E-state index in [1.807, 2.05) is 18.2 Å². The molecule has 0 aliphatic carbocycles. The van der Waals surface area contributed by atoms with Gasteiger partial charge < -0.3 is 20.4 Å². The zero-order valence-corrected chi connectivity index (χ0v) is 12.2. The van der Waals surface area contributed by atoms with Crippen LogP contribution in [0.25, 0.3) is 5.69 Å². The van der Waals surface area contributed by atoms with Gasteiger partial charge in [-0.1, -0.05) is 12.1 Å². The average Bonchev–Trinajstić information content (AvgIpc) is 2.90. The number of benzene rings is 1. The molecule has 0 bridgehead atoms. The van der Waals surface area contributed by atoms with Crippen LogP contribution >= 0.6 is 0 Å². The number of nitrogens with zero attached hydrogens (tertiary/aromatic N) is 2. The second-order valence-electron chi connectivity index (χ2n) is 5.12. The number of nitrogens with two attached hydrogens (primary N) is 1. The van der Waals surface area contributed by atoms with Crippen LogP contribution in [0.1, 0.15) is 27.2 Å². The topological polar surface area (TPSA) is 93.1 Å². The van der Waals surface area contributed by atoms with Crippen molar-refractivity contribution in [2.75, 3.05) is 19.4 Å². The van der Waals surface area contributed by atoms with Gasteiger partial charge in [0, 0.05) is 18.4 Å². The van der Waals surface area contributed by atoms with E-state index in [1.54, 1.807) is 10.8 Å². The SMILES string of the molecule is COC(=O)c1c(N)c(C#N)cn1-c1cccc2c1CCNC2. The Kier molecular flexibility index (Phi) is 3.57. The Bertz CT molecular complexity index is 786. The lowest BCUT2D eigenvalue weighted by atomic mass is 9.99. The molecule has 1 aliphatic rings. The zero-order valence-electron chi connectivity index (χ0n) is 12.2. The molecule has 6 nitrogen and oxygen atoms in total. The van der Waals surface area contributed by atoms with Gasteiger partial charge in [0.25, 0.3) is 0 Å².